The van der Waals surface area contributed by atoms with Gasteiger partial charge in [0.2, 0.25) is 0 Å². The zero-order chi connectivity index (χ0) is 11.8. The number of hydrogen-bond acceptors (Lipinski definition) is 2. The molecule has 0 radical (unpaired) electrons. The zero-order valence-electron chi connectivity index (χ0n) is 10.2. The number of hydrogen-bond donors (Lipinski definition) is 0. The van der Waals surface area contributed by atoms with Gasteiger partial charge >= 0.3 is 0 Å². The minimum absolute atomic E-state index is 0.665. The molecule has 0 aliphatic rings. The summed E-state index contributed by atoms with van der Waals surface area (Å²) in [5.41, 5.74) is 3.97. The Bertz CT molecular complexity index is 330. The van der Waals surface area contributed by atoms with Gasteiger partial charge in [-0.25, -0.2) is 0 Å². The molecule has 15 heavy (non-hydrogen) atoms. The Morgan fingerprint density at radius 2 is 1.87 bits per heavy atom. The largest absolute Gasteiger partial charge is 0.265 e. The highest BCUT2D eigenvalue weighted by Crippen LogP contribution is 2.05. The monoisotopic (exact) mass is 204 g/mol. The zero-order valence-corrected chi connectivity index (χ0v) is 10.2. The second-order valence-corrected chi connectivity index (χ2v) is 3.52. The fourth-order valence-electron chi connectivity index (χ4n) is 0.800. The van der Waals surface area contributed by atoms with Crippen LogP contribution in [-0.4, -0.2) is 12.4 Å². The van der Waals surface area contributed by atoms with Crippen LogP contribution >= 0.6 is 0 Å². The van der Waals surface area contributed by atoms with Crippen LogP contribution in [0.25, 0.3) is 0 Å². The van der Waals surface area contributed by atoms with Crippen LogP contribution < -0.4 is 0 Å². The third-order valence-electron chi connectivity index (χ3n) is 2.19. The Labute approximate surface area is 92.8 Å². The van der Waals surface area contributed by atoms with Crippen LogP contribution in [0.5, 0.6) is 0 Å². The van der Waals surface area contributed by atoms with Crippen molar-refractivity contribution in [3.63, 3.8) is 0 Å². The molecule has 0 saturated carbocycles. The van der Waals surface area contributed by atoms with E-state index in [-0.39, 0.29) is 0 Å². The summed E-state index contributed by atoms with van der Waals surface area (Å²) in [4.78, 5) is 8.10. The van der Waals surface area contributed by atoms with Crippen LogP contribution in [0.4, 0.5) is 0 Å². The van der Waals surface area contributed by atoms with Gasteiger partial charge in [-0.1, -0.05) is 19.1 Å². The predicted molar refractivity (Wildman–Crippen MR) is 69.6 cm³/mol. The molecule has 0 unspecified atom stereocenters. The molecule has 2 heteroatoms. The summed E-state index contributed by atoms with van der Waals surface area (Å²) in [5.74, 6) is 0. The Morgan fingerprint density at radius 3 is 2.33 bits per heavy atom. The lowest BCUT2D eigenvalue weighted by Crippen LogP contribution is -1.92. The molecule has 0 spiro atoms. The maximum Gasteiger partial charge on any atom is 0.0553 e. The summed E-state index contributed by atoms with van der Waals surface area (Å²) in [7, 11) is 0. The van der Waals surface area contributed by atoms with Crippen molar-refractivity contribution >= 4 is 12.4 Å². The summed E-state index contributed by atoms with van der Waals surface area (Å²) < 4.78 is 0. The molecule has 0 atom stereocenters. The van der Waals surface area contributed by atoms with E-state index in [4.69, 9.17) is 0 Å². The summed E-state index contributed by atoms with van der Waals surface area (Å²) in [6.07, 6.45) is 4.80. The standard InChI is InChI=1S/C13H20N2/c1-7-10(2)9-15-13(5)11(3)8-12(4)14-6/h8-9H,4,6-7H2,1-3,5H3/b10-9+,11-8+,15-13+. The van der Waals surface area contributed by atoms with E-state index in [1.54, 1.807) is 0 Å². The van der Waals surface area contributed by atoms with Gasteiger partial charge in [0.15, 0.2) is 0 Å². The Balaban J connectivity index is 4.71. The first-order valence-corrected chi connectivity index (χ1v) is 5.05. The normalized spacial score (nSPS) is 14.0. The molecule has 0 N–H and O–H groups in total. The van der Waals surface area contributed by atoms with Crippen molar-refractivity contribution in [1.29, 1.82) is 0 Å². The molecule has 0 aromatic carbocycles. The molecule has 0 aliphatic heterocycles. The molecule has 2 nitrogen and oxygen atoms in total. The SMILES string of the molecule is C=NC(=C)/C=C(C)/C(C)=N/C=C(\C)CC. The molecule has 82 valence electrons. The molecule has 0 rings (SSSR count). The molecule has 0 aromatic rings. The molecule has 0 amide bonds. The lowest BCUT2D eigenvalue weighted by molar-refractivity contribution is 1.09. The van der Waals surface area contributed by atoms with Crippen LogP contribution in [0.1, 0.15) is 34.1 Å². The van der Waals surface area contributed by atoms with E-state index >= 15 is 0 Å². The molecule has 0 aromatic heterocycles. The van der Waals surface area contributed by atoms with E-state index < -0.39 is 0 Å². The third kappa shape index (κ3) is 5.78. The van der Waals surface area contributed by atoms with E-state index in [0.29, 0.717) is 5.70 Å². The fourth-order valence-corrected chi connectivity index (χ4v) is 0.800. The van der Waals surface area contributed by atoms with E-state index in [1.165, 1.54) is 5.57 Å². The van der Waals surface area contributed by atoms with Gasteiger partial charge in [0.1, 0.15) is 0 Å². The van der Waals surface area contributed by atoms with Gasteiger partial charge < -0.3 is 0 Å². The van der Waals surface area contributed by atoms with Crippen LogP contribution in [0.15, 0.2) is 45.7 Å². The molecule has 0 saturated heterocycles. The van der Waals surface area contributed by atoms with Crippen LogP contribution in [0, 0.1) is 0 Å². The Morgan fingerprint density at radius 1 is 1.27 bits per heavy atom. The quantitative estimate of drug-likeness (QED) is 0.479. The average Bonchev–Trinajstić information content (AvgIpc) is 2.24. The highest BCUT2D eigenvalue weighted by atomic mass is 14.7. The number of allylic oxidation sites excluding steroid dienone is 3. The van der Waals surface area contributed by atoms with Gasteiger partial charge in [-0.3, -0.25) is 9.98 Å². The second-order valence-electron chi connectivity index (χ2n) is 3.52. The Hall–Kier alpha value is -1.44. The highest BCUT2D eigenvalue weighted by molar-refractivity contribution is 5.98. The van der Waals surface area contributed by atoms with Crippen LogP contribution in [0.3, 0.4) is 0 Å². The minimum atomic E-state index is 0.665. The molecular weight excluding hydrogens is 184 g/mol. The molecule has 0 aliphatic carbocycles. The summed E-state index contributed by atoms with van der Waals surface area (Å²) in [6.45, 7) is 15.3. The van der Waals surface area contributed by atoms with Gasteiger partial charge in [0.25, 0.3) is 0 Å². The smallest absolute Gasteiger partial charge is 0.0553 e. The first-order valence-electron chi connectivity index (χ1n) is 5.05. The van der Waals surface area contributed by atoms with Gasteiger partial charge in [-0.2, -0.15) is 0 Å². The van der Waals surface area contributed by atoms with E-state index in [9.17, 15) is 0 Å². The van der Waals surface area contributed by atoms with Crippen molar-refractivity contribution in [2.45, 2.75) is 34.1 Å². The molecular formula is C13H20N2. The van der Waals surface area contributed by atoms with Gasteiger partial charge in [-0.05, 0) is 45.6 Å². The van der Waals surface area contributed by atoms with Crippen molar-refractivity contribution in [2.75, 3.05) is 0 Å². The van der Waals surface area contributed by atoms with E-state index in [2.05, 4.69) is 37.1 Å². The minimum Gasteiger partial charge on any atom is -0.265 e. The maximum atomic E-state index is 4.37. The summed E-state index contributed by atoms with van der Waals surface area (Å²) in [5, 5.41) is 0. The summed E-state index contributed by atoms with van der Waals surface area (Å²) >= 11 is 0. The second kappa shape index (κ2) is 6.93. The van der Waals surface area contributed by atoms with Gasteiger partial charge in [-0.15, -0.1) is 0 Å². The number of rotatable bonds is 5. The molecule has 0 bridgehead atoms. The number of aliphatic imine (C=N–C) groups is 2. The predicted octanol–water partition coefficient (Wildman–Crippen LogP) is 3.92. The lowest BCUT2D eigenvalue weighted by atomic mass is 10.2. The molecule has 0 fully saturated rings. The third-order valence-corrected chi connectivity index (χ3v) is 2.19. The average molecular weight is 204 g/mol. The summed E-state index contributed by atoms with van der Waals surface area (Å²) in [6, 6.07) is 0. The van der Waals surface area contributed by atoms with Crippen molar-refractivity contribution in [3.8, 4) is 0 Å². The van der Waals surface area contributed by atoms with Crippen molar-refractivity contribution < 1.29 is 0 Å². The van der Waals surface area contributed by atoms with E-state index in [1.807, 2.05) is 26.1 Å². The van der Waals surface area contributed by atoms with Crippen LogP contribution in [-0.2, 0) is 0 Å². The van der Waals surface area contributed by atoms with Gasteiger partial charge in [0, 0.05) is 11.9 Å². The fraction of sp³-hybridized carbons (Fsp3) is 0.385. The first-order chi connectivity index (χ1) is 7.01. The first kappa shape index (κ1) is 13.6. The lowest BCUT2D eigenvalue weighted by Gasteiger charge is -1.99. The van der Waals surface area contributed by atoms with E-state index in [0.717, 1.165) is 17.7 Å². The van der Waals surface area contributed by atoms with Crippen LogP contribution in [0.2, 0.25) is 0 Å². The van der Waals surface area contributed by atoms with Crippen molar-refractivity contribution in [1.82, 2.24) is 0 Å². The molecule has 0 heterocycles. The van der Waals surface area contributed by atoms with Crippen molar-refractivity contribution in [2.24, 2.45) is 9.98 Å². The number of nitrogens with zero attached hydrogens (tertiary/aromatic N) is 2. The topological polar surface area (TPSA) is 24.7 Å². The van der Waals surface area contributed by atoms with Gasteiger partial charge in [0.05, 0.1) is 5.70 Å². The highest BCUT2D eigenvalue weighted by Gasteiger charge is 1.94. The maximum absolute atomic E-state index is 4.37. The Kier molecular flexibility index (Phi) is 6.27. The van der Waals surface area contributed by atoms with Crippen molar-refractivity contribution in [3.05, 3.63) is 35.7 Å².